The predicted octanol–water partition coefficient (Wildman–Crippen LogP) is -15.8. The summed E-state index contributed by atoms with van der Waals surface area (Å²) < 4.78 is 86.4. The molecule has 0 aromatic rings. The van der Waals surface area contributed by atoms with E-state index in [0.29, 0.717) is 0 Å². The molecule has 506 valence electrons. The van der Waals surface area contributed by atoms with E-state index in [1.54, 1.807) is 0 Å². The smallest absolute Gasteiger partial charge is 0.328 e. The SMILES string of the molecule is CC(=O)N[C@H]1[C@H](O[C@H]2[C@H](O)[C@@H](NC(C)=O)C(O)O[C@@H]2CO)O[C@H](CO)[C@@H](O[C@@H]2O[C@H](CO[C@H]3O[C@H](CO)[C@@H](O)[C@H](O[C@H]4O[C@H](CO)[C@@H](O)[C@H](O)[C@@H]4O)[C@@H]3O)[C@@H](O)[C@H](O[C@H]3O[C@H](CO)[C@@H](O)[C@H](O)[C@@H]3O[C@H]3O[C@H](CP(=O)(O)O)[C@@H](O)[C@H](O)[C@@H]3O)[C@@H]2O)[C@@H]1O. The molecule has 7 saturated heterocycles. The van der Waals surface area contributed by atoms with Crippen molar-refractivity contribution in [2.75, 3.05) is 45.8 Å². The molecule has 0 radical (unpaired) electrons. The fourth-order valence-corrected chi connectivity index (χ4v) is 11.7. The minimum atomic E-state index is -5.07. The van der Waals surface area contributed by atoms with E-state index >= 15 is 0 Å². The van der Waals surface area contributed by atoms with Crippen LogP contribution in [0.2, 0.25) is 0 Å². The standard InChI is InChI=1S/C46H79N2O38P/c1-10(54)47-19-26(61)35(15(6-52)75-40(19)70)82-41-20(48-11(2)55)27(62)36(16(7-53)79-41)83-45-34(69)38(85-46-39(30(65)22(57)13(4-50)78-46)86-44-32(67)29(64)23(58)18(81-44)9-87(71,72)73)25(60)17(80-45)8-74-42-33(68)37(24(59)14(5-51)76-42)84-43-31(66)28(63)21(56)12(3-49)77-43/h12-46,49-53,56-70H,3-9H2,1-2H3,(H,47,54)(H,48,55)(H2,71,72,73)/t12-,13-,14-,15-,16-,17-,18-,19-,20-,21-,22-,23-,24-,25-,26-,27-,28+,29+,30+,31+,32+,33+,34+,35-,36-,37+,38+,39+,40?,41+,42+,43-,44-,45+,46-/m1/s1. The number of ether oxygens (including phenoxy) is 13. The molecule has 35 atom stereocenters. The van der Waals surface area contributed by atoms with Crippen LogP contribution >= 0.6 is 7.60 Å². The number of nitrogens with one attached hydrogen (secondary N) is 2. The number of amides is 2. The summed E-state index contributed by atoms with van der Waals surface area (Å²) >= 11 is 0. The molecule has 7 fully saturated rings. The molecule has 7 rings (SSSR count). The maximum absolute atomic E-state index is 12.7. The van der Waals surface area contributed by atoms with Gasteiger partial charge < -0.3 is 184 Å². The summed E-state index contributed by atoms with van der Waals surface area (Å²) in [5.41, 5.74) is 0. The van der Waals surface area contributed by atoms with Gasteiger partial charge in [-0.25, -0.2) is 0 Å². The lowest BCUT2D eigenvalue weighted by Gasteiger charge is -2.50. The molecule has 24 N–H and O–H groups in total. The molecule has 0 bridgehead atoms. The van der Waals surface area contributed by atoms with Crippen LogP contribution in [0.5, 0.6) is 0 Å². The van der Waals surface area contributed by atoms with E-state index < -0.39 is 280 Å². The largest absolute Gasteiger partial charge is 0.394 e. The Kier molecular flexibility index (Phi) is 25.5. The van der Waals surface area contributed by atoms with Crippen LogP contribution in [-0.2, 0) is 75.7 Å². The van der Waals surface area contributed by atoms with Crippen LogP contribution in [0.25, 0.3) is 0 Å². The molecule has 7 aliphatic rings. The van der Waals surface area contributed by atoms with Gasteiger partial charge in [0.15, 0.2) is 44.0 Å². The van der Waals surface area contributed by atoms with Crippen molar-refractivity contribution in [2.24, 2.45) is 0 Å². The van der Waals surface area contributed by atoms with Gasteiger partial charge in [0.1, 0.15) is 171 Å². The third-order valence-electron chi connectivity index (χ3n) is 15.6. The first-order valence-electron chi connectivity index (χ1n) is 27.2. The van der Waals surface area contributed by atoms with E-state index in [1.165, 1.54) is 0 Å². The van der Waals surface area contributed by atoms with Crippen LogP contribution in [0.1, 0.15) is 13.8 Å². The highest BCUT2D eigenvalue weighted by Crippen LogP contribution is 2.41. The summed E-state index contributed by atoms with van der Waals surface area (Å²) in [5, 5.41) is 222. The van der Waals surface area contributed by atoms with Crippen molar-refractivity contribution >= 4 is 19.4 Å². The van der Waals surface area contributed by atoms with Gasteiger partial charge in [-0.15, -0.1) is 0 Å². The molecule has 40 nitrogen and oxygen atoms in total. The minimum absolute atomic E-state index is 0.758. The first kappa shape index (κ1) is 72.2. The summed E-state index contributed by atoms with van der Waals surface area (Å²) in [6.07, 6.45) is -69.6. The first-order valence-corrected chi connectivity index (χ1v) is 29.0. The van der Waals surface area contributed by atoms with Crippen LogP contribution in [0.3, 0.4) is 0 Å². The monoisotopic (exact) mass is 1300 g/mol. The zero-order valence-corrected chi connectivity index (χ0v) is 46.9. The predicted molar refractivity (Wildman–Crippen MR) is 265 cm³/mol. The molecule has 41 heteroatoms. The van der Waals surface area contributed by atoms with Crippen LogP contribution in [0.4, 0.5) is 0 Å². The van der Waals surface area contributed by atoms with Gasteiger partial charge in [0, 0.05) is 13.8 Å². The number of aliphatic hydroxyl groups excluding tert-OH is 20. The number of hydrogen-bond acceptors (Lipinski definition) is 36. The molecule has 7 aliphatic heterocycles. The van der Waals surface area contributed by atoms with Gasteiger partial charge in [0.05, 0.1) is 45.8 Å². The second kappa shape index (κ2) is 30.7. The average Bonchev–Trinajstić information content (AvgIpc) is 1.16. The van der Waals surface area contributed by atoms with Gasteiger partial charge in [-0.3, -0.25) is 14.2 Å². The van der Waals surface area contributed by atoms with Crippen LogP contribution in [0.15, 0.2) is 0 Å². The van der Waals surface area contributed by atoms with Gasteiger partial charge in [-0.05, 0) is 0 Å². The summed E-state index contributed by atoms with van der Waals surface area (Å²) in [6.45, 7) is -4.29. The average molecular weight is 1300 g/mol. The first-order chi connectivity index (χ1) is 40.9. The molecule has 0 spiro atoms. The lowest BCUT2D eigenvalue weighted by molar-refractivity contribution is -0.398. The lowest BCUT2D eigenvalue weighted by Crippen LogP contribution is -2.70. The summed E-state index contributed by atoms with van der Waals surface area (Å²) in [4.78, 5) is 44.0. The zero-order valence-electron chi connectivity index (χ0n) is 46.0. The molecular formula is C46H79N2O38P. The van der Waals surface area contributed by atoms with Gasteiger partial charge >= 0.3 is 7.60 Å². The molecular weight excluding hydrogens is 1220 g/mol. The van der Waals surface area contributed by atoms with Crippen LogP contribution in [-0.4, -0.2) is 384 Å². The molecule has 1 unspecified atom stereocenters. The molecule has 0 aliphatic carbocycles. The van der Waals surface area contributed by atoms with E-state index in [4.69, 9.17) is 61.6 Å². The molecule has 0 saturated carbocycles. The summed E-state index contributed by atoms with van der Waals surface area (Å²) in [5.74, 6) is -1.66. The molecule has 0 aromatic carbocycles. The Bertz CT molecular complexity index is 2230. The third-order valence-corrected chi connectivity index (χ3v) is 16.4. The Morgan fingerprint density at radius 1 is 0.356 bits per heavy atom. The van der Waals surface area contributed by atoms with Gasteiger partial charge in [-0.2, -0.15) is 0 Å². The number of hydrogen-bond donors (Lipinski definition) is 24. The Hall–Kier alpha value is -2.23. The topological polar surface area (TPSA) is 640 Å². The number of aliphatic hydroxyl groups is 20. The van der Waals surface area contributed by atoms with Crippen molar-refractivity contribution < 1.29 is 188 Å². The zero-order chi connectivity index (χ0) is 64.4. The number of rotatable bonds is 22. The Morgan fingerprint density at radius 2 is 0.713 bits per heavy atom. The molecule has 2 amide bonds. The summed E-state index contributed by atoms with van der Waals surface area (Å²) in [7, 11) is -5.07. The van der Waals surface area contributed by atoms with E-state index in [-0.39, 0.29) is 0 Å². The van der Waals surface area contributed by atoms with Gasteiger partial charge in [-0.1, -0.05) is 0 Å². The quantitative estimate of drug-likeness (QED) is 0.0448. The van der Waals surface area contributed by atoms with E-state index in [0.717, 1.165) is 13.8 Å². The molecule has 7 heterocycles. The Balaban J connectivity index is 1.21. The van der Waals surface area contributed by atoms with Crippen LogP contribution in [0, 0.1) is 0 Å². The van der Waals surface area contributed by atoms with Gasteiger partial charge in [0.25, 0.3) is 0 Å². The fourth-order valence-electron chi connectivity index (χ4n) is 10.9. The van der Waals surface area contributed by atoms with E-state index in [2.05, 4.69) is 10.6 Å². The fraction of sp³-hybridized carbons (Fsp3) is 0.957. The van der Waals surface area contributed by atoms with Crippen LogP contribution < -0.4 is 10.6 Å². The molecule has 87 heavy (non-hydrogen) atoms. The van der Waals surface area contributed by atoms with Crippen molar-refractivity contribution in [1.29, 1.82) is 0 Å². The number of carbonyl (C=O) groups is 2. The van der Waals surface area contributed by atoms with Crippen molar-refractivity contribution in [3.05, 3.63) is 0 Å². The highest BCUT2D eigenvalue weighted by atomic mass is 31.2. The number of carbonyl (C=O) groups excluding carboxylic acids is 2. The minimum Gasteiger partial charge on any atom is -0.394 e. The van der Waals surface area contributed by atoms with Crippen molar-refractivity contribution in [3.8, 4) is 0 Å². The highest BCUT2D eigenvalue weighted by Gasteiger charge is 2.59. The normalized spacial score (nSPS) is 49.2. The van der Waals surface area contributed by atoms with Crippen molar-refractivity contribution in [3.63, 3.8) is 0 Å². The third kappa shape index (κ3) is 16.2. The van der Waals surface area contributed by atoms with Crippen molar-refractivity contribution in [2.45, 2.75) is 229 Å². The second-order valence-corrected chi connectivity index (χ2v) is 23.4. The van der Waals surface area contributed by atoms with Gasteiger partial charge in [0.2, 0.25) is 11.8 Å². The van der Waals surface area contributed by atoms with E-state index in [9.17, 15) is 126 Å². The van der Waals surface area contributed by atoms with Crippen molar-refractivity contribution in [1.82, 2.24) is 10.6 Å². The Morgan fingerprint density at radius 3 is 1.24 bits per heavy atom. The second-order valence-electron chi connectivity index (χ2n) is 21.7. The molecule has 0 aromatic heterocycles. The lowest BCUT2D eigenvalue weighted by atomic mass is 9.94. The maximum Gasteiger partial charge on any atom is 0.328 e. The maximum atomic E-state index is 12.7. The highest BCUT2D eigenvalue weighted by molar-refractivity contribution is 7.51. The summed E-state index contributed by atoms with van der Waals surface area (Å²) in [6, 6.07) is -3.45. The Labute approximate surface area is 491 Å². The van der Waals surface area contributed by atoms with E-state index in [1.807, 2.05) is 0 Å².